The highest BCUT2D eigenvalue weighted by atomic mass is 16.4. The molecule has 0 aromatic rings. The van der Waals surface area contributed by atoms with Crippen molar-refractivity contribution in [2.45, 2.75) is 56.7 Å². The number of carboxylic acids is 2. The van der Waals surface area contributed by atoms with E-state index in [-0.39, 0.29) is 38.5 Å². The molecule has 32 heavy (non-hydrogen) atoms. The molecule has 0 aliphatic heterocycles. The van der Waals surface area contributed by atoms with E-state index in [4.69, 9.17) is 21.9 Å². The van der Waals surface area contributed by atoms with E-state index in [1.165, 1.54) is 0 Å². The van der Waals surface area contributed by atoms with Gasteiger partial charge in [-0.25, -0.2) is 4.79 Å². The van der Waals surface area contributed by atoms with Crippen LogP contribution in [0.4, 0.5) is 0 Å². The van der Waals surface area contributed by atoms with Gasteiger partial charge in [0.1, 0.15) is 18.1 Å². The smallest absolute Gasteiger partial charge is 0.326 e. The molecule has 0 aliphatic carbocycles. The predicted octanol–water partition coefficient (Wildman–Crippen LogP) is -2.47. The minimum Gasteiger partial charge on any atom is -0.480 e. The molecule has 0 aromatic heterocycles. The van der Waals surface area contributed by atoms with Gasteiger partial charge in [-0.1, -0.05) is 0 Å². The normalized spacial score (nSPS) is 12.7. The minimum atomic E-state index is -1.53. The number of carbonyl (C=O) groups is 6. The second-order valence-corrected chi connectivity index (χ2v) is 6.50. The lowest BCUT2D eigenvalue weighted by Crippen LogP contribution is -2.52. The van der Waals surface area contributed by atoms with Crippen LogP contribution in [0.3, 0.4) is 0 Å². The molecule has 6 N–H and O–H groups in total. The number of Topliss-reactive ketones (excluding diaryl/α,β-unsaturated/α-hetero) is 2. The first-order chi connectivity index (χ1) is 15.0. The molecule has 0 heterocycles. The maximum atomic E-state index is 12.5. The summed E-state index contributed by atoms with van der Waals surface area (Å²) in [6.45, 7) is 0. The van der Waals surface area contributed by atoms with E-state index in [1.807, 2.05) is 0 Å². The van der Waals surface area contributed by atoms with Gasteiger partial charge in [-0.3, -0.25) is 24.0 Å². The minimum absolute atomic E-state index is 0.238. The number of hydrogen-bond acceptors (Lipinski definition) is 7. The summed E-state index contributed by atoms with van der Waals surface area (Å²) in [6.07, 6.45) is -0.807. The average Bonchev–Trinajstić information content (AvgIpc) is 2.72. The summed E-state index contributed by atoms with van der Waals surface area (Å²) in [6, 6.07) is -4.24. The van der Waals surface area contributed by atoms with Crippen LogP contribution in [-0.4, -0.2) is 85.7 Å². The molecule has 0 unspecified atom stereocenters. The zero-order valence-electron chi connectivity index (χ0n) is 16.8. The lowest BCUT2D eigenvalue weighted by molar-refractivity contribution is -0.142. The van der Waals surface area contributed by atoms with Crippen LogP contribution in [0.25, 0.3) is 11.1 Å². The van der Waals surface area contributed by atoms with Crippen molar-refractivity contribution in [3.63, 3.8) is 0 Å². The van der Waals surface area contributed by atoms with Crippen molar-refractivity contribution in [2.75, 3.05) is 0 Å². The van der Waals surface area contributed by atoms with Crippen LogP contribution in [0.2, 0.25) is 0 Å². The third kappa shape index (κ3) is 11.8. The molecule has 0 rings (SSSR count). The van der Waals surface area contributed by atoms with Gasteiger partial charge in [0.25, 0.3) is 0 Å². The van der Waals surface area contributed by atoms with Crippen molar-refractivity contribution in [2.24, 2.45) is 5.73 Å². The fourth-order valence-electron chi connectivity index (χ4n) is 2.31. The molecule has 174 valence electrons. The van der Waals surface area contributed by atoms with Crippen LogP contribution >= 0.6 is 0 Å². The third-order valence-electron chi connectivity index (χ3n) is 4.03. The number of nitrogens with two attached hydrogens (primary N) is 1. The molecule has 0 aliphatic rings. The summed E-state index contributed by atoms with van der Waals surface area (Å²) in [4.78, 5) is 74.6. The van der Waals surface area contributed by atoms with E-state index in [0.717, 1.165) is 0 Å². The zero-order chi connectivity index (χ0) is 24.7. The number of nitrogens with one attached hydrogen (secondary N) is 2. The van der Waals surface area contributed by atoms with Crippen LogP contribution in [0.15, 0.2) is 0 Å². The standard InChI is InChI=1S/C17H23N7O8/c18-11(16(29)30)3-6-14(27)23-12(4-1-9(25)7-21-19)15(28)24-13(17(31)32)5-2-10(26)8-22-20/h7-8,11-13H,1-6,18H2,(H,23,27)(H,24,28)(H,29,30)(H,31,32)/t11-,12+,13-/m1/s1. The summed E-state index contributed by atoms with van der Waals surface area (Å²) < 4.78 is 0. The maximum absolute atomic E-state index is 12.5. The van der Waals surface area contributed by atoms with Crippen molar-refractivity contribution in [3.8, 4) is 0 Å². The van der Waals surface area contributed by atoms with Gasteiger partial charge in [0.15, 0.2) is 0 Å². The molecule has 0 radical (unpaired) electrons. The first-order valence-electron chi connectivity index (χ1n) is 9.23. The largest absolute Gasteiger partial charge is 0.480 e. The second kappa shape index (κ2) is 14.8. The number of ketones is 2. The molecule has 0 bridgehead atoms. The Hall–Kier alpha value is -4.06. The number of carbonyl (C=O) groups excluding carboxylic acids is 4. The van der Waals surface area contributed by atoms with Gasteiger partial charge in [-0.05, 0) is 19.3 Å². The molecular formula is C17H23N7O8. The highest BCUT2D eigenvalue weighted by Gasteiger charge is 2.28. The van der Waals surface area contributed by atoms with Crippen LogP contribution < -0.4 is 16.4 Å². The fraction of sp³-hybridized carbons (Fsp3) is 0.529. The van der Waals surface area contributed by atoms with E-state index in [1.54, 1.807) is 0 Å². The van der Waals surface area contributed by atoms with E-state index >= 15 is 0 Å². The highest BCUT2D eigenvalue weighted by molar-refractivity contribution is 6.25. The van der Waals surface area contributed by atoms with Gasteiger partial charge < -0.3 is 37.6 Å². The second-order valence-electron chi connectivity index (χ2n) is 6.50. The zero-order valence-corrected chi connectivity index (χ0v) is 16.8. The van der Waals surface area contributed by atoms with Gasteiger partial charge in [0, 0.05) is 19.3 Å². The van der Waals surface area contributed by atoms with Crippen LogP contribution in [0.5, 0.6) is 0 Å². The van der Waals surface area contributed by atoms with E-state index < -0.39 is 53.4 Å². The molecule has 15 heteroatoms. The average molecular weight is 453 g/mol. The van der Waals surface area contributed by atoms with Crippen molar-refractivity contribution < 1.29 is 48.6 Å². The van der Waals surface area contributed by atoms with E-state index in [0.29, 0.717) is 12.4 Å². The summed E-state index contributed by atoms with van der Waals surface area (Å²) in [5, 5.41) is 22.4. The number of nitrogens with zero attached hydrogens (tertiary/aromatic N) is 4. The molecule has 0 aromatic carbocycles. The van der Waals surface area contributed by atoms with Crippen molar-refractivity contribution >= 4 is 47.7 Å². The Kier molecular flexibility index (Phi) is 13.0. The lowest BCUT2D eigenvalue weighted by Gasteiger charge is -2.21. The van der Waals surface area contributed by atoms with E-state index in [2.05, 4.69) is 20.2 Å². The van der Waals surface area contributed by atoms with Crippen LogP contribution in [-0.2, 0) is 28.8 Å². The number of carboxylic acid groups (broad SMARTS) is 2. The van der Waals surface area contributed by atoms with Crippen molar-refractivity contribution in [3.05, 3.63) is 11.1 Å². The molecular weight excluding hydrogens is 430 g/mol. The number of amides is 2. The Morgan fingerprint density at radius 3 is 1.72 bits per heavy atom. The topological polar surface area (TPSA) is 266 Å². The molecule has 0 saturated heterocycles. The Labute approximate surface area is 181 Å². The molecule has 3 atom stereocenters. The Morgan fingerprint density at radius 2 is 1.28 bits per heavy atom. The van der Waals surface area contributed by atoms with Gasteiger partial charge in [-0.15, -0.1) is 0 Å². The Bertz CT molecular complexity index is 846. The Morgan fingerprint density at radius 1 is 0.781 bits per heavy atom. The van der Waals surface area contributed by atoms with Gasteiger partial charge in [0.2, 0.25) is 23.4 Å². The lowest BCUT2D eigenvalue weighted by atomic mass is 10.0. The predicted molar refractivity (Wildman–Crippen MR) is 104 cm³/mol. The van der Waals surface area contributed by atoms with Crippen molar-refractivity contribution in [1.29, 1.82) is 0 Å². The van der Waals surface area contributed by atoms with E-state index in [9.17, 15) is 33.9 Å². The summed E-state index contributed by atoms with van der Waals surface area (Å²) >= 11 is 0. The van der Waals surface area contributed by atoms with Gasteiger partial charge in [-0.2, -0.15) is 9.58 Å². The first kappa shape index (κ1) is 27.9. The summed E-state index contributed by atoms with van der Waals surface area (Å²) in [5.74, 6) is -5.94. The molecule has 0 saturated carbocycles. The number of hydrogen-bond donors (Lipinski definition) is 5. The third-order valence-corrected chi connectivity index (χ3v) is 4.03. The molecule has 2 amide bonds. The highest BCUT2D eigenvalue weighted by Crippen LogP contribution is 2.05. The SMILES string of the molecule is [N-]=[N+]=CC(=O)CC[C@H](NC(=O)CC[C@@H](N)C(=O)O)C(=O)N[C@H](CCC(=O)C=[N+]=[N-])C(=O)O. The monoisotopic (exact) mass is 453 g/mol. The van der Waals surface area contributed by atoms with Crippen LogP contribution in [0.1, 0.15) is 38.5 Å². The van der Waals surface area contributed by atoms with Crippen molar-refractivity contribution in [1.82, 2.24) is 10.6 Å². The maximum Gasteiger partial charge on any atom is 0.326 e. The quantitative estimate of drug-likeness (QED) is 0.0939. The molecule has 15 nitrogen and oxygen atoms in total. The first-order valence-corrected chi connectivity index (χ1v) is 9.23. The van der Waals surface area contributed by atoms with Crippen LogP contribution in [0, 0.1) is 0 Å². The van der Waals surface area contributed by atoms with Gasteiger partial charge >= 0.3 is 24.4 Å². The van der Waals surface area contributed by atoms with Gasteiger partial charge in [0.05, 0.1) is 0 Å². The Balaban J connectivity index is 5.25. The summed E-state index contributed by atoms with van der Waals surface area (Å²) in [5.41, 5.74) is 22.0. The number of rotatable bonds is 16. The number of aliphatic carboxylic acids is 2. The summed E-state index contributed by atoms with van der Waals surface area (Å²) in [7, 11) is 0. The fourth-order valence-corrected chi connectivity index (χ4v) is 2.31. The molecule has 0 fully saturated rings. The molecule has 0 spiro atoms.